The van der Waals surface area contributed by atoms with Crippen molar-refractivity contribution >= 4 is 5.78 Å². The Labute approximate surface area is 119 Å². The summed E-state index contributed by atoms with van der Waals surface area (Å²) in [7, 11) is 1.64. The molecule has 3 heteroatoms. The lowest BCUT2D eigenvalue weighted by Gasteiger charge is -2.10. The number of Topliss-reactive ketones (excluding diaryl/α,β-unsaturated/α-hetero) is 1. The van der Waals surface area contributed by atoms with Crippen LogP contribution in [0.5, 0.6) is 11.5 Å². The molecule has 0 spiro atoms. The first-order chi connectivity index (χ1) is 9.60. The number of ether oxygens (including phenoxy) is 2. The average molecular weight is 270 g/mol. The first-order valence-corrected chi connectivity index (χ1v) is 6.47. The highest BCUT2D eigenvalue weighted by Crippen LogP contribution is 2.21. The van der Waals surface area contributed by atoms with Gasteiger partial charge in [0.2, 0.25) is 0 Å². The normalized spacial score (nSPS) is 10.2. The predicted octanol–water partition coefficient (Wildman–Crippen LogP) is 3.79. The molecule has 0 fully saturated rings. The fourth-order valence-electron chi connectivity index (χ4n) is 1.95. The summed E-state index contributed by atoms with van der Waals surface area (Å²) in [4.78, 5) is 11.3. The molecule has 0 aliphatic rings. The molecule has 20 heavy (non-hydrogen) atoms. The van der Waals surface area contributed by atoms with Crippen LogP contribution in [-0.4, -0.2) is 12.9 Å². The predicted molar refractivity (Wildman–Crippen MR) is 78.5 cm³/mol. The first kappa shape index (κ1) is 14.1. The molecule has 2 rings (SSSR count). The summed E-state index contributed by atoms with van der Waals surface area (Å²) >= 11 is 0. The number of carbonyl (C=O) groups is 1. The number of carbonyl (C=O) groups excluding carboxylic acids is 1. The van der Waals surface area contributed by atoms with Crippen LogP contribution in [0, 0.1) is 6.92 Å². The number of methoxy groups -OCH3 is 1. The molecule has 0 bridgehead atoms. The minimum absolute atomic E-state index is 0.0624. The number of hydrogen-bond donors (Lipinski definition) is 0. The van der Waals surface area contributed by atoms with Crippen molar-refractivity contribution < 1.29 is 14.3 Å². The lowest BCUT2D eigenvalue weighted by Crippen LogP contribution is -1.99. The maximum Gasteiger partial charge on any atom is 0.159 e. The number of hydrogen-bond acceptors (Lipinski definition) is 3. The van der Waals surface area contributed by atoms with E-state index in [0.717, 1.165) is 22.6 Å². The zero-order valence-electron chi connectivity index (χ0n) is 12.0. The van der Waals surface area contributed by atoms with E-state index >= 15 is 0 Å². The van der Waals surface area contributed by atoms with Gasteiger partial charge in [-0.1, -0.05) is 12.1 Å². The average Bonchev–Trinajstić information content (AvgIpc) is 2.46. The number of rotatable bonds is 5. The Balaban J connectivity index is 2.08. The molecular formula is C17H18O3. The quantitative estimate of drug-likeness (QED) is 0.775. The molecule has 0 aliphatic carbocycles. The van der Waals surface area contributed by atoms with Crippen LogP contribution in [0.4, 0.5) is 0 Å². The van der Waals surface area contributed by atoms with Gasteiger partial charge in [-0.05, 0) is 55.3 Å². The van der Waals surface area contributed by atoms with Crippen molar-refractivity contribution in [2.24, 2.45) is 0 Å². The first-order valence-electron chi connectivity index (χ1n) is 6.47. The van der Waals surface area contributed by atoms with Gasteiger partial charge in [-0.3, -0.25) is 4.79 Å². The van der Waals surface area contributed by atoms with Crippen LogP contribution in [0.25, 0.3) is 0 Å². The zero-order chi connectivity index (χ0) is 14.5. The maximum atomic E-state index is 11.3. The highest BCUT2D eigenvalue weighted by Gasteiger charge is 2.05. The highest BCUT2D eigenvalue weighted by atomic mass is 16.5. The number of ketones is 1. The number of aryl methyl sites for hydroxylation is 1. The Kier molecular flexibility index (Phi) is 4.41. The molecule has 0 aromatic heterocycles. The van der Waals surface area contributed by atoms with Gasteiger partial charge in [0.25, 0.3) is 0 Å². The molecule has 0 radical (unpaired) electrons. The van der Waals surface area contributed by atoms with Gasteiger partial charge in [0.1, 0.15) is 18.1 Å². The van der Waals surface area contributed by atoms with E-state index in [1.807, 2.05) is 43.3 Å². The van der Waals surface area contributed by atoms with Crippen molar-refractivity contribution in [1.82, 2.24) is 0 Å². The molecule has 0 aliphatic heterocycles. The summed E-state index contributed by atoms with van der Waals surface area (Å²) in [5.41, 5.74) is 2.70. The van der Waals surface area contributed by atoms with E-state index in [9.17, 15) is 4.79 Å². The van der Waals surface area contributed by atoms with Crippen LogP contribution in [0.2, 0.25) is 0 Å². The molecule has 0 saturated heterocycles. The van der Waals surface area contributed by atoms with Gasteiger partial charge in [0.05, 0.1) is 7.11 Å². The minimum atomic E-state index is 0.0624. The molecule has 3 nitrogen and oxygen atoms in total. The third kappa shape index (κ3) is 3.38. The minimum Gasteiger partial charge on any atom is -0.497 e. The van der Waals surface area contributed by atoms with Crippen LogP contribution in [0.15, 0.2) is 42.5 Å². The molecule has 0 unspecified atom stereocenters. The van der Waals surface area contributed by atoms with Crippen LogP contribution in [-0.2, 0) is 6.61 Å². The summed E-state index contributed by atoms with van der Waals surface area (Å²) in [5.74, 6) is 1.67. The van der Waals surface area contributed by atoms with E-state index in [4.69, 9.17) is 9.47 Å². The second-order valence-corrected chi connectivity index (χ2v) is 4.68. The SMILES string of the molecule is COc1cccc(COc2ccc(C(C)=O)cc2C)c1. The molecule has 0 N–H and O–H groups in total. The molecule has 2 aromatic carbocycles. The lowest BCUT2D eigenvalue weighted by atomic mass is 10.1. The van der Waals surface area contributed by atoms with E-state index in [0.29, 0.717) is 12.2 Å². The third-order valence-corrected chi connectivity index (χ3v) is 3.11. The van der Waals surface area contributed by atoms with Gasteiger partial charge in [0.15, 0.2) is 5.78 Å². The van der Waals surface area contributed by atoms with Gasteiger partial charge in [-0.15, -0.1) is 0 Å². The summed E-state index contributed by atoms with van der Waals surface area (Å²) in [5, 5.41) is 0. The van der Waals surface area contributed by atoms with Crippen molar-refractivity contribution in [2.45, 2.75) is 20.5 Å². The zero-order valence-corrected chi connectivity index (χ0v) is 12.0. The van der Waals surface area contributed by atoms with Crippen molar-refractivity contribution in [3.05, 3.63) is 59.2 Å². The standard InChI is InChI=1S/C17H18O3/c1-12-9-15(13(2)18)7-8-17(12)20-11-14-5-4-6-16(10-14)19-3/h4-10H,11H2,1-3H3. The Hall–Kier alpha value is -2.29. The molecular weight excluding hydrogens is 252 g/mol. The Bertz CT molecular complexity index is 617. The van der Waals surface area contributed by atoms with Crippen LogP contribution >= 0.6 is 0 Å². The lowest BCUT2D eigenvalue weighted by molar-refractivity contribution is 0.101. The Morgan fingerprint density at radius 1 is 1.15 bits per heavy atom. The monoisotopic (exact) mass is 270 g/mol. The van der Waals surface area contributed by atoms with Crippen molar-refractivity contribution in [1.29, 1.82) is 0 Å². The summed E-state index contributed by atoms with van der Waals surface area (Å²) < 4.78 is 11.0. The van der Waals surface area contributed by atoms with Crippen molar-refractivity contribution in [3.63, 3.8) is 0 Å². The Morgan fingerprint density at radius 3 is 2.60 bits per heavy atom. The van der Waals surface area contributed by atoms with Gasteiger partial charge in [-0.2, -0.15) is 0 Å². The van der Waals surface area contributed by atoms with Gasteiger partial charge >= 0.3 is 0 Å². The van der Waals surface area contributed by atoms with E-state index < -0.39 is 0 Å². The largest absolute Gasteiger partial charge is 0.497 e. The fraction of sp³-hybridized carbons (Fsp3) is 0.235. The molecule has 0 heterocycles. The maximum absolute atomic E-state index is 11.3. The third-order valence-electron chi connectivity index (χ3n) is 3.11. The summed E-state index contributed by atoms with van der Waals surface area (Å²) in [6.45, 7) is 3.97. The van der Waals surface area contributed by atoms with Crippen LogP contribution < -0.4 is 9.47 Å². The summed E-state index contributed by atoms with van der Waals surface area (Å²) in [6.07, 6.45) is 0. The van der Waals surface area contributed by atoms with Crippen molar-refractivity contribution in [3.8, 4) is 11.5 Å². The van der Waals surface area contributed by atoms with E-state index in [-0.39, 0.29) is 5.78 Å². The Morgan fingerprint density at radius 2 is 1.95 bits per heavy atom. The topological polar surface area (TPSA) is 35.5 Å². The molecule has 0 amide bonds. The molecule has 0 atom stereocenters. The number of benzene rings is 2. The molecule has 104 valence electrons. The molecule has 0 saturated carbocycles. The van der Waals surface area contributed by atoms with E-state index in [1.165, 1.54) is 0 Å². The van der Waals surface area contributed by atoms with Crippen LogP contribution in [0.1, 0.15) is 28.4 Å². The van der Waals surface area contributed by atoms with E-state index in [1.54, 1.807) is 20.1 Å². The second-order valence-electron chi connectivity index (χ2n) is 4.68. The van der Waals surface area contributed by atoms with Gasteiger partial charge in [0, 0.05) is 5.56 Å². The molecule has 2 aromatic rings. The smallest absolute Gasteiger partial charge is 0.159 e. The second kappa shape index (κ2) is 6.24. The van der Waals surface area contributed by atoms with Gasteiger partial charge in [-0.25, -0.2) is 0 Å². The van der Waals surface area contributed by atoms with Crippen LogP contribution in [0.3, 0.4) is 0 Å². The van der Waals surface area contributed by atoms with E-state index in [2.05, 4.69) is 0 Å². The highest BCUT2D eigenvalue weighted by molar-refractivity contribution is 5.94. The summed E-state index contributed by atoms with van der Waals surface area (Å²) in [6, 6.07) is 13.2. The fourth-order valence-corrected chi connectivity index (χ4v) is 1.95. The van der Waals surface area contributed by atoms with Gasteiger partial charge < -0.3 is 9.47 Å². The van der Waals surface area contributed by atoms with Crippen molar-refractivity contribution in [2.75, 3.05) is 7.11 Å².